The van der Waals surface area contributed by atoms with E-state index >= 15 is 0 Å². The molecule has 0 saturated heterocycles. The van der Waals surface area contributed by atoms with Gasteiger partial charge in [0.2, 0.25) is 0 Å². The van der Waals surface area contributed by atoms with Crippen molar-refractivity contribution in [2.45, 2.75) is 32.8 Å². The fourth-order valence-electron chi connectivity index (χ4n) is 2.30. The van der Waals surface area contributed by atoms with Gasteiger partial charge in [-0.1, -0.05) is 23.7 Å². The zero-order chi connectivity index (χ0) is 17.5. The van der Waals surface area contributed by atoms with Gasteiger partial charge in [-0.2, -0.15) is 0 Å². The van der Waals surface area contributed by atoms with Crippen molar-refractivity contribution in [2.75, 3.05) is 6.54 Å². The highest BCUT2D eigenvalue weighted by molar-refractivity contribution is 6.30. The fraction of sp³-hybridized carbons (Fsp3) is 0.316. The Balaban J connectivity index is 1.74. The number of aromatic hydroxyl groups is 1. The fourth-order valence-corrected chi connectivity index (χ4v) is 2.53. The predicted octanol–water partition coefficient (Wildman–Crippen LogP) is 3.87. The molecule has 128 valence electrons. The van der Waals surface area contributed by atoms with Crippen LogP contribution in [-0.2, 0) is 11.2 Å². The molecule has 1 amide bonds. The number of carbonyl (C=O) groups excluding carboxylic acids is 1. The third-order valence-corrected chi connectivity index (χ3v) is 3.92. The highest BCUT2D eigenvalue weighted by atomic mass is 35.5. The third kappa shape index (κ3) is 5.46. The van der Waals surface area contributed by atoms with E-state index in [0.29, 0.717) is 17.3 Å². The lowest BCUT2D eigenvalue weighted by atomic mass is 10.1. The van der Waals surface area contributed by atoms with Gasteiger partial charge in [0.15, 0.2) is 6.10 Å². The van der Waals surface area contributed by atoms with Gasteiger partial charge in [0.25, 0.3) is 5.91 Å². The van der Waals surface area contributed by atoms with Crippen LogP contribution < -0.4 is 10.1 Å². The van der Waals surface area contributed by atoms with E-state index in [-0.39, 0.29) is 11.7 Å². The molecule has 0 radical (unpaired) electrons. The largest absolute Gasteiger partial charge is 0.508 e. The lowest BCUT2D eigenvalue weighted by Gasteiger charge is -2.16. The topological polar surface area (TPSA) is 58.6 Å². The molecule has 2 aromatic rings. The van der Waals surface area contributed by atoms with Gasteiger partial charge in [-0.3, -0.25) is 4.79 Å². The Labute approximate surface area is 147 Å². The summed E-state index contributed by atoms with van der Waals surface area (Å²) in [6, 6.07) is 12.4. The summed E-state index contributed by atoms with van der Waals surface area (Å²) in [5.41, 5.74) is 2.03. The van der Waals surface area contributed by atoms with E-state index in [1.165, 1.54) is 0 Å². The van der Waals surface area contributed by atoms with Gasteiger partial charge in [0, 0.05) is 11.6 Å². The number of nitrogens with one attached hydrogen (secondary N) is 1. The monoisotopic (exact) mass is 347 g/mol. The quantitative estimate of drug-likeness (QED) is 0.747. The molecule has 4 nitrogen and oxygen atoms in total. The highest BCUT2D eigenvalue weighted by Gasteiger charge is 2.15. The number of hydrogen-bond acceptors (Lipinski definition) is 3. The first kappa shape index (κ1) is 18.1. The van der Waals surface area contributed by atoms with Crippen molar-refractivity contribution in [3.63, 3.8) is 0 Å². The minimum absolute atomic E-state index is 0.143. The van der Waals surface area contributed by atoms with Crippen LogP contribution in [0.5, 0.6) is 11.5 Å². The maximum absolute atomic E-state index is 12.1. The number of phenolic OH excluding ortho intramolecular Hbond substituents is 1. The van der Waals surface area contributed by atoms with Crippen LogP contribution in [0.1, 0.15) is 24.5 Å². The Morgan fingerprint density at radius 1 is 1.25 bits per heavy atom. The van der Waals surface area contributed by atoms with E-state index in [1.807, 2.05) is 19.1 Å². The van der Waals surface area contributed by atoms with Crippen molar-refractivity contribution in [1.29, 1.82) is 0 Å². The van der Waals surface area contributed by atoms with Crippen molar-refractivity contribution in [3.05, 3.63) is 58.6 Å². The van der Waals surface area contributed by atoms with Crippen molar-refractivity contribution >= 4 is 17.5 Å². The van der Waals surface area contributed by atoms with Gasteiger partial charge in [-0.05, 0) is 68.1 Å². The Bertz CT molecular complexity index is 686. The van der Waals surface area contributed by atoms with E-state index in [4.69, 9.17) is 16.3 Å². The summed E-state index contributed by atoms with van der Waals surface area (Å²) < 4.78 is 5.69. The van der Waals surface area contributed by atoms with Crippen LogP contribution in [0, 0.1) is 6.92 Å². The first-order valence-corrected chi connectivity index (χ1v) is 8.32. The molecule has 1 unspecified atom stereocenters. The van der Waals surface area contributed by atoms with E-state index in [0.717, 1.165) is 24.0 Å². The number of aryl methyl sites for hydroxylation is 2. The number of carbonyl (C=O) groups is 1. The zero-order valence-electron chi connectivity index (χ0n) is 13.9. The van der Waals surface area contributed by atoms with Crippen molar-refractivity contribution in [2.24, 2.45) is 0 Å². The van der Waals surface area contributed by atoms with Crippen LogP contribution in [0.25, 0.3) is 0 Å². The van der Waals surface area contributed by atoms with Crippen LogP contribution in [0.3, 0.4) is 0 Å². The first-order chi connectivity index (χ1) is 11.5. The summed E-state index contributed by atoms with van der Waals surface area (Å²) in [5.74, 6) is 0.775. The molecule has 0 aromatic heterocycles. The molecule has 24 heavy (non-hydrogen) atoms. The number of amides is 1. The van der Waals surface area contributed by atoms with Crippen LogP contribution in [-0.4, -0.2) is 23.7 Å². The van der Waals surface area contributed by atoms with Crippen LogP contribution in [0.15, 0.2) is 42.5 Å². The Hall–Kier alpha value is -2.20. The lowest BCUT2D eigenvalue weighted by molar-refractivity contribution is -0.127. The Morgan fingerprint density at radius 3 is 2.62 bits per heavy atom. The molecule has 2 aromatic carbocycles. The first-order valence-electron chi connectivity index (χ1n) is 7.94. The van der Waals surface area contributed by atoms with Gasteiger partial charge < -0.3 is 15.2 Å². The van der Waals surface area contributed by atoms with E-state index in [9.17, 15) is 9.90 Å². The number of rotatable bonds is 7. The smallest absolute Gasteiger partial charge is 0.260 e. The zero-order valence-corrected chi connectivity index (χ0v) is 14.6. The van der Waals surface area contributed by atoms with Crippen molar-refractivity contribution in [1.82, 2.24) is 5.32 Å². The van der Waals surface area contributed by atoms with E-state index < -0.39 is 6.10 Å². The Morgan fingerprint density at radius 2 is 1.96 bits per heavy atom. The van der Waals surface area contributed by atoms with Gasteiger partial charge in [-0.25, -0.2) is 0 Å². The summed E-state index contributed by atoms with van der Waals surface area (Å²) in [4.78, 5) is 12.1. The van der Waals surface area contributed by atoms with Crippen LogP contribution in [0.4, 0.5) is 0 Å². The number of ether oxygens (including phenoxy) is 1. The molecule has 0 heterocycles. The molecular formula is C19H22ClNO3. The number of phenols is 1. The molecule has 0 aliphatic rings. The van der Waals surface area contributed by atoms with Crippen molar-refractivity contribution in [3.8, 4) is 11.5 Å². The molecule has 1 atom stereocenters. The maximum Gasteiger partial charge on any atom is 0.260 e. The number of halogens is 1. The SMILES string of the molecule is Cc1cc(Cl)ccc1OC(C)C(=O)NCCCc1ccc(O)cc1. The number of hydrogen-bond donors (Lipinski definition) is 2. The summed E-state index contributed by atoms with van der Waals surface area (Å²) in [6.45, 7) is 4.19. The summed E-state index contributed by atoms with van der Waals surface area (Å²) in [6.07, 6.45) is 1.09. The maximum atomic E-state index is 12.1. The van der Waals surface area contributed by atoms with E-state index in [2.05, 4.69) is 5.32 Å². The molecule has 2 rings (SSSR count). The molecule has 5 heteroatoms. The van der Waals surface area contributed by atoms with Gasteiger partial charge in [0.1, 0.15) is 11.5 Å². The molecule has 2 N–H and O–H groups in total. The van der Waals surface area contributed by atoms with Gasteiger partial charge >= 0.3 is 0 Å². The average molecular weight is 348 g/mol. The molecule has 0 spiro atoms. The molecule has 0 saturated carbocycles. The molecule has 0 aliphatic carbocycles. The van der Waals surface area contributed by atoms with Gasteiger partial charge in [-0.15, -0.1) is 0 Å². The van der Waals surface area contributed by atoms with Gasteiger partial charge in [0.05, 0.1) is 0 Å². The molecular weight excluding hydrogens is 326 g/mol. The third-order valence-electron chi connectivity index (χ3n) is 3.69. The van der Waals surface area contributed by atoms with Crippen LogP contribution in [0.2, 0.25) is 5.02 Å². The molecule has 0 fully saturated rings. The molecule has 0 aliphatic heterocycles. The highest BCUT2D eigenvalue weighted by Crippen LogP contribution is 2.22. The minimum atomic E-state index is -0.571. The minimum Gasteiger partial charge on any atom is -0.508 e. The van der Waals surface area contributed by atoms with Crippen LogP contribution >= 0.6 is 11.6 Å². The second kappa shape index (κ2) is 8.60. The summed E-state index contributed by atoms with van der Waals surface area (Å²) >= 11 is 5.91. The summed E-state index contributed by atoms with van der Waals surface area (Å²) in [7, 11) is 0. The number of benzene rings is 2. The Kier molecular flexibility index (Phi) is 6.50. The summed E-state index contributed by atoms with van der Waals surface area (Å²) in [5, 5.41) is 12.8. The van der Waals surface area contributed by atoms with Crippen molar-refractivity contribution < 1.29 is 14.6 Å². The average Bonchev–Trinajstić information content (AvgIpc) is 2.55. The van der Waals surface area contributed by atoms with E-state index in [1.54, 1.807) is 37.3 Å². The second-order valence-corrected chi connectivity index (χ2v) is 6.17. The molecule has 0 bridgehead atoms. The predicted molar refractivity (Wildman–Crippen MR) is 95.7 cm³/mol. The lowest BCUT2D eigenvalue weighted by Crippen LogP contribution is -2.37. The normalized spacial score (nSPS) is 11.8. The second-order valence-electron chi connectivity index (χ2n) is 5.73. The standard InChI is InChI=1S/C19H22ClNO3/c1-13-12-16(20)7-10-18(13)24-14(2)19(23)21-11-3-4-15-5-8-17(22)9-6-15/h5-10,12,14,22H,3-4,11H2,1-2H3,(H,21,23).